The second-order valence-electron chi connectivity index (χ2n) is 17.2. The maximum absolute atomic E-state index is 15.9. The fraction of sp³-hybridized carbons (Fsp3) is 0.476. The van der Waals surface area contributed by atoms with Gasteiger partial charge in [-0.3, -0.25) is 34.2 Å². The number of pyridine rings is 1. The number of anilines is 3. The molecule has 1 unspecified atom stereocenters. The van der Waals surface area contributed by atoms with Crippen LogP contribution in [0.15, 0.2) is 49.1 Å². The molecule has 5 aromatic rings. The lowest BCUT2D eigenvalue weighted by Gasteiger charge is -2.43. The summed E-state index contributed by atoms with van der Waals surface area (Å²) in [5.74, 6) is 0.730. The summed E-state index contributed by atoms with van der Waals surface area (Å²) in [4.78, 5) is 59.5. The van der Waals surface area contributed by atoms with Gasteiger partial charge in [-0.1, -0.05) is 6.07 Å². The van der Waals surface area contributed by atoms with Crippen LogP contribution < -0.4 is 15.5 Å². The van der Waals surface area contributed by atoms with Crippen LogP contribution in [-0.4, -0.2) is 131 Å². The third kappa shape index (κ3) is 7.46. The van der Waals surface area contributed by atoms with Crippen molar-refractivity contribution in [2.75, 3.05) is 49.5 Å². The molecule has 4 aliphatic heterocycles. The van der Waals surface area contributed by atoms with E-state index in [2.05, 4.69) is 54.2 Å². The second-order valence-corrected chi connectivity index (χ2v) is 19.3. The molecule has 4 fully saturated rings. The number of nitrogens with one attached hydrogen (secondary N) is 2. The molecule has 10 rings (SSSR count). The summed E-state index contributed by atoms with van der Waals surface area (Å²) in [6.07, 6.45) is 10.0. The number of piperidine rings is 2. The number of benzene rings is 1. The third-order valence-electron chi connectivity index (χ3n) is 12.8. The van der Waals surface area contributed by atoms with E-state index < -0.39 is 22.0 Å². The molecular formula is C42H48FN13O5S. The van der Waals surface area contributed by atoms with Crippen LogP contribution in [0.4, 0.5) is 21.8 Å². The summed E-state index contributed by atoms with van der Waals surface area (Å²) in [5, 5.41) is 15.3. The van der Waals surface area contributed by atoms with Crippen LogP contribution in [0.2, 0.25) is 0 Å². The predicted octanol–water partition coefficient (Wildman–Crippen LogP) is 3.44. The molecule has 2 N–H and O–H groups in total. The van der Waals surface area contributed by atoms with Crippen molar-refractivity contribution in [2.45, 2.75) is 88.8 Å². The Kier molecular flexibility index (Phi) is 10.3. The fourth-order valence-electron chi connectivity index (χ4n) is 9.25. The molecule has 20 heteroatoms. The first-order valence-electron chi connectivity index (χ1n) is 21.4. The maximum atomic E-state index is 15.9. The van der Waals surface area contributed by atoms with Crippen molar-refractivity contribution in [1.82, 2.24) is 53.9 Å². The van der Waals surface area contributed by atoms with E-state index in [-0.39, 0.29) is 53.9 Å². The van der Waals surface area contributed by atoms with Crippen molar-refractivity contribution in [3.63, 3.8) is 0 Å². The minimum atomic E-state index is -3.50. The average Bonchev–Trinajstić information content (AvgIpc) is 3.75. The highest BCUT2D eigenvalue weighted by Gasteiger charge is 2.41. The van der Waals surface area contributed by atoms with Gasteiger partial charge in [0.2, 0.25) is 11.8 Å². The quantitative estimate of drug-likeness (QED) is 0.183. The molecule has 18 nitrogen and oxygen atoms in total. The number of rotatable bonds is 11. The van der Waals surface area contributed by atoms with Crippen LogP contribution in [-0.2, 0) is 32.7 Å². The highest BCUT2D eigenvalue weighted by atomic mass is 32.2. The Morgan fingerprint density at radius 2 is 1.73 bits per heavy atom. The van der Waals surface area contributed by atoms with Gasteiger partial charge in [0.25, 0.3) is 15.9 Å². The number of imide groups is 1. The smallest absolute Gasteiger partial charge is 0.256 e. The van der Waals surface area contributed by atoms with Gasteiger partial charge >= 0.3 is 0 Å². The lowest BCUT2D eigenvalue weighted by Crippen LogP contribution is -2.53. The summed E-state index contributed by atoms with van der Waals surface area (Å²) in [6.45, 7) is 9.78. The molecular weight excluding hydrogens is 818 g/mol. The number of nitrogens with zero attached hydrogens (tertiary/aromatic N) is 11. The zero-order chi connectivity index (χ0) is 42.9. The van der Waals surface area contributed by atoms with E-state index in [0.717, 1.165) is 72.9 Å². The Morgan fingerprint density at radius 3 is 2.47 bits per heavy atom. The molecule has 4 aromatic heterocycles. The highest BCUT2D eigenvalue weighted by Crippen LogP contribution is 2.34. The molecule has 1 atom stereocenters. The molecule has 0 bridgehead atoms. The summed E-state index contributed by atoms with van der Waals surface area (Å²) < 4.78 is 44.2. The SMILES string of the molecule is CC(C)n1nc(N2CCN(C3CCN(Cc4ccc5c(c4F)CN(C4CCC(=O)NC4=O)C5=O)CC3)CC2)c2cnc(Nc3ccnc(-c4cnn(S(=O)(=O)C5CC5)c4)n3)cc21. The minimum Gasteiger partial charge on any atom is -0.352 e. The average molecular weight is 866 g/mol. The van der Waals surface area contributed by atoms with Gasteiger partial charge in [0, 0.05) is 86.4 Å². The molecule has 0 spiro atoms. The van der Waals surface area contributed by atoms with Crippen molar-refractivity contribution in [3.8, 4) is 11.4 Å². The van der Waals surface area contributed by atoms with E-state index in [1.807, 2.05) is 16.9 Å². The number of amides is 3. The van der Waals surface area contributed by atoms with E-state index in [9.17, 15) is 22.8 Å². The van der Waals surface area contributed by atoms with E-state index in [1.54, 1.807) is 24.4 Å². The van der Waals surface area contributed by atoms with Crippen LogP contribution in [0.25, 0.3) is 22.3 Å². The van der Waals surface area contributed by atoms with Crippen LogP contribution in [0, 0.1) is 5.82 Å². The van der Waals surface area contributed by atoms with Crippen molar-refractivity contribution in [1.29, 1.82) is 0 Å². The standard InChI is InChI=1S/C42H48FN13O5S/c1-25(2)56-34-19-36(47-35-9-12-44-39(48-35)27-20-46-55(23-27)62(60,61)29-4-5-29)45-21-31(34)40(50-56)53-17-15-52(16-18-53)28-10-13-51(14-11-28)22-26-3-6-30-32(38(26)43)24-54(42(30)59)33-7-8-37(57)49-41(33)58/h3,6,9,12,19-21,23,25,28-29,33H,4-5,7-8,10-11,13-18,22,24H2,1-2H3,(H,49,57,58)(H,44,45,47,48). The Hall–Kier alpha value is -5.86. The zero-order valence-electron chi connectivity index (χ0n) is 34.6. The molecule has 1 aliphatic carbocycles. The van der Waals surface area contributed by atoms with Crippen molar-refractivity contribution < 1.29 is 27.2 Å². The Morgan fingerprint density at radius 1 is 0.935 bits per heavy atom. The summed E-state index contributed by atoms with van der Waals surface area (Å²) in [5.41, 5.74) is 2.61. The minimum absolute atomic E-state index is 0.0236. The van der Waals surface area contributed by atoms with Crippen LogP contribution in [0.3, 0.4) is 0 Å². The normalized spacial score (nSPS) is 20.7. The lowest BCUT2D eigenvalue weighted by molar-refractivity contribution is -0.136. The first kappa shape index (κ1) is 40.2. The number of hydrogen-bond donors (Lipinski definition) is 2. The zero-order valence-corrected chi connectivity index (χ0v) is 35.4. The van der Waals surface area contributed by atoms with Crippen LogP contribution in [0.5, 0.6) is 0 Å². The molecule has 3 amide bonds. The van der Waals surface area contributed by atoms with Gasteiger partial charge in [0.15, 0.2) is 11.6 Å². The van der Waals surface area contributed by atoms with Gasteiger partial charge in [-0.05, 0) is 71.2 Å². The molecule has 1 saturated carbocycles. The molecule has 1 aromatic carbocycles. The van der Waals surface area contributed by atoms with Gasteiger partial charge in [-0.25, -0.2) is 27.8 Å². The van der Waals surface area contributed by atoms with Crippen LogP contribution >= 0.6 is 0 Å². The van der Waals surface area contributed by atoms with E-state index in [4.69, 9.17) is 10.1 Å². The second kappa shape index (κ2) is 15.8. The van der Waals surface area contributed by atoms with E-state index in [1.165, 1.54) is 17.3 Å². The Bertz CT molecular complexity index is 2700. The van der Waals surface area contributed by atoms with E-state index in [0.29, 0.717) is 59.6 Å². The van der Waals surface area contributed by atoms with E-state index >= 15 is 4.39 Å². The number of piperazine rings is 1. The van der Waals surface area contributed by atoms with Gasteiger partial charge in [-0.2, -0.15) is 14.3 Å². The fourth-order valence-corrected chi connectivity index (χ4v) is 10.7. The number of fused-ring (bicyclic) bond motifs is 2. The van der Waals surface area contributed by atoms with Gasteiger partial charge in [0.05, 0.1) is 40.7 Å². The number of aromatic nitrogens is 7. The van der Waals surface area contributed by atoms with Gasteiger partial charge < -0.3 is 15.1 Å². The maximum Gasteiger partial charge on any atom is 0.256 e. The molecule has 5 aliphatic rings. The monoisotopic (exact) mass is 865 g/mol. The number of halogens is 1. The summed E-state index contributed by atoms with van der Waals surface area (Å²) >= 11 is 0. The highest BCUT2D eigenvalue weighted by molar-refractivity contribution is 7.90. The van der Waals surface area contributed by atoms with Crippen LogP contribution in [0.1, 0.15) is 79.9 Å². The largest absolute Gasteiger partial charge is 0.352 e. The summed E-state index contributed by atoms with van der Waals surface area (Å²) in [6, 6.07) is 6.83. The Balaban J connectivity index is 0.751. The van der Waals surface area contributed by atoms with Crippen molar-refractivity contribution >= 4 is 56.1 Å². The molecule has 8 heterocycles. The number of carbonyl (C=O) groups excluding carboxylic acids is 3. The van der Waals surface area contributed by atoms with Gasteiger partial charge in [-0.15, -0.1) is 0 Å². The molecule has 3 saturated heterocycles. The summed E-state index contributed by atoms with van der Waals surface area (Å²) in [7, 11) is -3.50. The molecule has 324 valence electrons. The van der Waals surface area contributed by atoms with Gasteiger partial charge in [0.1, 0.15) is 23.5 Å². The Labute approximate surface area is 357 Å². The van der Waals surface area contributed by atoms with Crippen molar-refractivity contribution in [3.05, 3.63) is 71.6 Å². The van der Waals surface area contributed by atoms with Crippen molar-refractivity contribution in [2.24, 2.45) is 0 Å². The first-order chi connectivity index (χ1) is 29.9. The number of likely N-dealkylation sites (tertiary alicyclic amines) is 1. The molecule has 0 radical (unpaired) electrons. The third-order valence-corrected chi connectivity index (χ3v) is 14.8. The number of hydrogen-bond acceptors (Lipinski definition) is 14. The lowest BCUT2D eigenvalue weighted by atomic mass is 10.00. The number of carbonyl (C=O) groups is 3. The topological polar surface area (TPSA) is 197 Å². The molecule has 62 heavy (non-hydrogen) atoms. The predicted molar refractivity (Wildman–Crippen MR) is 226 cm³/mol. The first-order valence-corrected chi connectivity index (χ1v) is 22.9.